The summed E-state index contributed by atoms with van der Waals surface area (Å²) in [7, 11) is -3.88. The Bertz CT molecular complexity index is 250. The molecule has 0 spiro atoms. The van der Waals surface area contributed by atoms with Crippen LogP contribution in [0.2, 0.25) is 0 Å². The van der Waals surface area contributed by atoms with E-state index in [2.05, 4.69) is 0 Å². The van der Waals surface area contributed by atoms with Gasteiger partial charge in [-0.15, -0.1) is 0 Å². The van der Waals surface area contributed by atoms with E-state index in [1.807, 2.05) is 0 Å². The topological polar surface area (TPSA) is 55.8 Å². The predicted octanol–water partition coefficient (Wildman–Crippen LogP) is 3.72. The van der Waals surface area contributed by atoms with E-state index in [1.54, 1.807) is 27.7 Å². The molecule has 4 nitrogen and oxygen atoms in total. The fraction of sp³-hybridized carbons (Fsp3) is 1.00. The Morgan fingerprint density at radius 3 is 1.56 bits per heavy atom. The quantitative estimate of drug-likeness (QED) is 0.621. The molecule has 0 heterocycles. The van der Waals surface area contributed by atoms with E-state index in [1.165, 1.54) is 0 Å². The predicted molar refractivity (Wildman–Crippen MR) is 66.3 cm³/mol. The third kappa shape index (κ3) is 5.54. The molecule has 0 saturated carbocycles. The lowest BCUT2D eigenvalue weighted by molar-refractivity contribution is 0.102. The molecular weight excluding hydrogens is 297 g/mol. The average molecular weight is 314 g/mol. The summed E-state index contributed by atoms with van der Waals surface area (Å²) in [5.74, 6) is -1.82. The van der Waals surface area contributed by atoms with Gasteiger partial charge >= 0.3 is 7.60 Å². The van der Waals surface area contributed by atoms with Crippen molar-refractivity contribution in [2.75, 3.05) is 0 Å². The number of halogens is 3. The molecule has 0 aromatic rings. The van der Waals surface area contributed by atoms with E-state index in [4.69, 9.17) is 43.9 Å². The van der Waals surface area contributed by atoms with Gasteiger partial charge in [0, 0.05) is 0 Å². The summed E-state index contributed by atoms with van der Waals surface area (Å²) in [6.45, 7) is 6.56. The first kappa shape index (κ1) is 17.0. The van der Waals surface area contributed by atoms with Gasteiger partial charge in [-0.3, -0.25) is 4.57 Å². The van der Waals surface area contributed by atoms with Crippen molar-refractivity contribution in [3.63, 3.8) is 0 Å². The van der Waals surface area contributed by atoms with Crippen LogP contribution >= 0.6 is 42.4 Å². The normalized spacial score (nSPS) is 15.9. The highest BCUT2D eigenvalue weighted by Gasteiger charge is 2.48. The first-order valence-corrected chi connectivity index (χ1v) is 7.45. The second-order valence-electron chi connectivity index (χ2n) is 3.76. The SMILES string of the molecule is CC(C)OP(=O)(OC(C)C)C(O)C(Cl)(Cl)Cl. The first-order valence-electron chi connectivity index (χ1n) is 4.70. The van der Waals surface area contributed by atoms with Crippen molar-refractivity contribution in [1.29, 1.82) is 0 Å². The van der Waals surface area contributed by atoms with Crippen LogP contribution in [-0.4, -0.2) is 27.0 Å². The minimum absolute atomic E-state index is 0.424. The number of aliphatic hydroxyl groups is 1. The molecule has 0 aliphatic rings. The van der Waals surface area contributed by atoms with Crippen LogP contribution in [0.1, 0.15) is 27.7 Å². The molecule has 0 bridgehead atoms. The Labute approximate surface area is 111 Å². The van der Waals surface area contributed by atoms with E-state index in [0.29, 0.717) is 0 Å². The summed E-state index contributed by atoms with van der Waals surface area (Å²) >= 11 is 16.5. The molecule has 0 aliphatic heterocycles. The second kappa shape index (κ2) is 6.24. The highest BCUT2D eigenvalue weighted by molar-refractivity contribution is 7.55. The summed E-state index contributed by atoms with van der Waals surface area (Å²) < 4.78 is 20.2. The third-order valence-electron chi connectivity index (χ3n) is 1.31. The molecule has 0 aromatic carbocycles. The van der Waals surface area contributed by atoms with E-state index in [0.717, 1.165) is 0 Å². The maximum atomic E-state index is 12.2. The van der Waals surface area contributed by atoms with Gasteiger partial charge in [0.2, 0.25) is 9.64 Å². The van der Waals surface area contributed by atoms with Crippen LogP contribution in [-0.2, 0) is 13.6 Å². The molecule has 0 amide bonds. The van der Waals surface area contributed by atoms with Crippen LogP contribution in [0.4, 0.5) is 0 Å². The van der Waals surface area contributed by atoms with Gasteiger partial charge in [0.25, 0.3) is 0 Å². The fourth-order valence-corrected chi connectivity index (χ4v) is 3.80. The van der Waals surface area contributed by atoms with Crippen molar-refractivity contribution in [1.82, 2.24) is 0 Å². The number of rotatable bonds is 5. The van der Waals surface area contributed by atoms with Gasteiger partial charge in [0.05, 0.1) is 12.2 Å². The van der Waals surface area contributed by atoms with Crippen molar-refractivity contribution >= 4 is 42.4 Å². The molecule has 0 rings (SSSR count). The smallest absolute Gasteiger partial charge is 0.363 e. The highest BCUT2D eigenvalue weighted by atomic mass is 35.6. The lowest BCUT2D eigenvalue weighted by atomic mass is 10.5. The number of aliphatic hydroxyl groups excluding tert-OH is 1. The summed E-state index contributed by atoms with van der Waals surface area (Å²) in [5, 5.41) is 9.69. The van der Waals surface area contributed by atoms with Gasteiger partial charge in [-0.25, -0.2) is 0 Å². The van der Waals surface area contributed by atoms with Crippen LogP contribution in [0.3, 0.4) is 0 Å². The maximum absolute atomic E-state index is 12.2. The third-order valence-corrected chi connectivity index (χ3v) is 4.80. The Morgan fingerprint density at radius 2 is 1.38 bits per heavy atom. The molecule has 1 atom stereocenters. The molecule has 0 saturated heterocycles. The fourth-order valence-electron chi connectivity index (χ4n) is 0.907. The van der Waals surface area contributed by atoms with Gasteiger partial charge in [-0.2, -0.15) is 0 Å². The number of hydrogen-bond donors (Lipinski definition) is 1. The van der Waals surface area contributed by atoms with Gasteiger partial charge < -0.3 is 14.2 Å². The zero-order valence-corrected chi connectivity index (χ0v) is 12.6. The summed E-state index contributed by atoms with van der Waals surface area (Å²) in [6, 6.07) is 0. The van der Waals surface area contributed by atoms with Crippen molar-refractivity contribution in [2.45, 2.75) is 49.5 Å². The lowest BCUT2D eigenvalue weighted by Gasteiger charge is -2.29. The summed E-state index contributed by atoms with van der Waals surface area (Å²) in [6.07, 6.45) is -0.849. The lowest BCUT2D eigenvalue weighted by Crippen LogP contribution is -2.29. The maximum Gasteiger partial charge on any atom is 0.363 e. The minimum Gasteiger partial charge on any atom is -0.377 e. The standard InChI is InChI=1S/C8H16Cl3O4P/c1-5(2)14-16(13,15-6(3)4)7(12)8(9,10)11/h5-7,12H,1-4H3. The second-order valence-corrected chi connectivity index (χ2v) is 8.12. The largest absolute Gasteiger partial charge is 0.377 e. The molecule has 1 unspecified atom stereocenters. The van der Waals surface area contributed by atoms with Crippen LogP contribution < -0.4 is 0 Å². The van der Waals surface area contributed by atoms with E-state index in [9.17, 15) is 9.67 Å². The zero-order valence-electron chi connectivity index (χ0n) is 9.49. The summed E-state index contributed by atoms with van der Waals surface area (Å²) in [4.78, 5) is 0. The van der Waals surface area contributed by atoms with Gasteiger partial charge in [-0.1, -0.05) is 34.8 Å². The molecule has 16 heavy (non-hydrogen) atoms. The van der Waals surface area contributed by atoms with E-state index < -0.39 is 29.4 Å². The molecular formula is C8H16Cl3O4P. The highest BCUT2D eigenvalue weighted by Crippen LogP contribution is 2.60. The molecule has 0 fully saturated rings. The van der Waals surface area contributed by atoms with E-state index in [-0.39, 0.29) is 0 Å². The Hall–Kier alpha value is 0.980. The van der Waals surface area contributed by atoms with Crippen LogP contribution in [0.15, 0.2) is 0 Å². The summed E-state index contributed by atoms with van der Waals surface area (Å²) in [5.41, 5.74) is 0. The number of hydrogen-bond acceptors (Lipinski definition) is 4. The van der Waals surface area contributed by atoms with Crippen LogP contribution in [0.5, 0.6) is 0 Å². The Kier molecular flexibility index (Phi) is 6.62. The van der Waals surface area contributed by atoms with Crippen molar-refractivity contribution < 1.29 is 18.7 Å². The molecule has 0 radical (unpaired) electrons. The van der Waals surface area contributed by atoms with Crippen molar-refractivity contribution in [2.24, 2.45) is 0 Å². The van der Waals surface area contributed by atoms with Crippen LogP contribution in [0, 0.1) is 0 Å². The monoisotopic (exact) mass is 312 g/mol. The molecule has 0 aliphatic carbocycles. The molecule has 98 valence electrons. The Balaban J connectivity index is 5.00. The Morgan fingerprint density at radius 1 is 1.06 bits per heavy atom. The van der Waals surface area contributed by atoms with Crippen LogP contribution in [0.25, 0.3) is 0 Å². The van der Waals surface area contributed by atoms with Gasteiger partial charge in [-0.05, 0) is 27.7 Å². The first-order chi connectivity index (χ1) is 6.99. The molecule has 1 N–H and O–H groups in total. The van der Waals surface area contributed by atoms with Gasteiger partial charge in [0.15, 0.2) is 0 Å². The van der Waals surface area contributed by atoms with Crippen molar-refractivity contribution in [3.8, 4) is 0 Å². The molecule has 8 heteroatoms. The zero-order chi connectivity index (χ0) is 13.1. The van der Waals surface area contributed by atoms with Gasteiger partial charge in [0.1, 0.15) is 0 Å². The van der Waals surface area contributed by atoms with Crippen molar-refractivity contribution in [3.05, 3.63) is 0 Å². The minimum atomic E-state index is -3.88. The average Bonchev–Trinajstić information content (AvgIpc) is 1.97. The molecule has 0 aromatic heterocycles. The number of alkyl halides is 3. The van der Waals surface area contributed by atoms with E-state index >= 15 is 0 Å².